The number of aliphatic hydroxyl groups excluding tert-OH is 1. The number of nitrogens with zero attached hydrogens (tertiary/aromatic N) is 3. The van der Waals surface area contributed by atoms with E-state index in [1.165, 1.54) is 23.2 Å². The van der Waals surface area contributed by atoms with Crippen molar-refractivity contribution >= 4 is 17.5 Å². The van der Waals surface area contributed by atoms with E-state index in [1.54, 1.807) is 19.2 Å². The van der Waals surface area contributed by atoms with Crippen LogP contribution < -0.4 is 4.74 Å². The number of aliphatic hydroxyl groups is 1. The Balaban J connectivity index is 1.88. The van der Waals surface area contributed by atoms with Gasteiger partial charge in [0.05, 0.1) is 7.11 Å². The Hall–Kier alpha value is -3.88. The first kappa shape index (κ1) is 17.9. The van der Waals surface area contributed by atoms with Gasteiger partial charge in [-0.25, -0.2) is 9.78 Å². The third-order valence-corrected chi connectivity index (χ3v) is 3.84. The summed E-state index contributed by atoms with van der Waals surface area (Å²) in [6, 6.07) is 8.47. The van der Waals surface area contributed by atoms with Crippen molar-refractivity contribution in [2.45, 2.75) is 6.54 Å². The topological polar surface area (TPSA) is 130 Å². The first-order valence-corrected chi connectivity index (χ1v) is 7.85. The Kier molecular flexibility index (Phi) is 5.02. The SMILES string of the molecule is COc1ccc(Cn2cc(C(O)=CC(=O)c3ncn[nH]3)cc2C(=O)O)cc1. The summed E-state index contributed by atoms with van der Waals surface area (Å²) in [4.78, 5) is 27.2. The Morgan fingerprint density at radius 1 is 1.26 bits per heavy atom. The lowest BCUT2D eigenvalue weighted by Crippen LogP contribution is -2.08. The van der Waals surface area contributed by atoms with Crippen LogP contribution in [0.4, 0.5) is 0 Å². The highest BCUT2D eigenvalue weighted by Gasteiger charge is 2.16. The molecule has 0 bridgehead atoms. The fourth-order valence-corrected chi connectivity index (χ4v) is 2.49. The Morgan fingerprint density at radius 3 is 2.59 bits per heavy atom. The zero-order valence-corrected chi connectivity index (χ0v) is 14.3. The Bertz CT molecular complexity index is 987. The molecule has 0 aliphatic carbocycles. The van der Waals surface area contributed by atoms with Crippen molar-refractivity contribution in [3.63, 3.8) is 0 Å². The molecule has 0 fully saturated rings. The Labute approximate surface area is 153 Å². The van der Waals surface area contributed by atoms with Gasteiger partial charge in [-0.1, -0.05) is 12.1 Å². The number of rotatable bonds is 7. The van der Waals surface area contributed by atoms with E-state index < -0.39 is 11.8 Å². The average Bonchev–Trinajstić information content (AvgIpc) is 3.32. The summed E-state index contributed by atoms with van der Waals surface area (Å²) in [6.45, 7) is 0.273. The van der Waals surface area contributed by atoms with Crippen LogP contribution in [-0.2, 0) is 6.54 Å². The van der Waals surface area contributed by atoms with E-state index in [0.717, 1.165) is 11.6 Å². The molecule has 3 aromatic rings. The summed E-state index contributed by atoms with van der Waals surface area (Å²) in [6.07, 6.45) is 3.60. The number of H-pyrrole nitrogens is 1. The highest BCUT2D eigenvalue weighted by Crippen LogP contribution is 2.19. The molecule has 0 radical (unpaired) electrons. The van der Waals surface area contributed by atoms with E-state index in [-0.39, 0.29) is 29.4 Å². The predicted octanol–water partition coefficient (Wildman–Crippen LogP) is 2.14. The van der Waals surface area contributed by atoms with Gasteiger partial charge in [0, 0.05) is 24.4 Å². The molecule has 138 valence electrons. The van der Waals surface area contributed by atoms with Crippen LogP contribution in [-0.4, -0.2) is 48.8 Å². The fraction of sp³-hybridized carbons (Fsp3) is 0.111. The number of carboxylic acids is 1. The number of aromatic carboxylic acids is 1. The minimum absolute atomic E-state index is 0.0205. The number of carbonyl (C=O) groups excluding carboxylic acids is 1. The summed E-state index contributed by atoms with van der Waals surface area (Å²) < 4.78 is 6.57. The third kappa shape index (κ3) is 4.03. The normalized spacial score (nSPS) is 11.4. The van der Waals surface area contributed by atoms with Crippen LogP contribution >= 0.6 is 0 Å². The number of carboxylic acid groups (broad SMARTS) is 1. The molecule has 0 spiro atoms. The monoisotopic (exact) mass is 368 g/mol. The molecule has 0 saturated carbocycles. The third-order valence-electron chi connectivity index (χ3n) is 3.84. The van der Waals surface area contributed by atoms with Gasteiger partial charge < -0.3 is 19.5 Å². The minimum atomic E-state index is -1.15. The second kappa shape index (κ2) is 7.56. The summed E-state index contributed by atoms with van der Waals surface area (Å²) in [7, 11) is 1.56. The smallest absolute Gasteiger partial charge is 0.352 e. The maximum atomic E-state index is 12.0. The molecular formula is C18H16N4O5. The largest absolute Gasteiger partial charge is 0.507 e. The number of nitrogens with one attached hydrogen (secondary N) is 1. The molecule has 2 aromatic heterocycles. The van der Waals surface area contributed by atoms with Gasteiger partial charge in [-0.3, -0.25) is 9.89 Å². The molecule has 0 aliphatic heterocycles. The van der Waals surface area contributed by atoms with Gasteiger partial charge >= 0.3 is 5.97 Å². The highest BCUT2D eigenvalue weighted by atomic mass is 16.5. The van der Waals surface area contributed by atoms with Gasteiger partial charge in [-0.2, -0.15) is 5.10 Å². The lowest BCUT2D eigenvalue weighted by atomic mass is 10.2. The standard InChI is InChI=1S/C18H16N4O5/c1-27-13-4-2-11(3-5-13)8-22-9-12(6-14(22)18(25)26)15(23)7-16(24)17-19-10-20-21-17/h2-7,9-10,23H,8H2,1H3,(H,25,26)(H,19,20,21). The molecule has 0 saturated heterocycles. The zero-order chi connectivity index (χ0) is 19.4. The van der Waals surface area contributed by atoms with E-state index >= 15 is 0 Å². The number of aromatic amines is 1. The molecule has 0 unspecified atom stereocenters. The summed E-state index contributed by atoms with van der Waals surface area (Å²) in [5, 5.41) is 25.6. The van der Waals surface area contributed by atoms with Gasteiger partial charge in [0.1, 0.15) is 23.5 Å². The summed E-state index contributed by atoms with van der Waals surface area (Å²) >= 11 is 0. The van der Waals surface area contributed by atoms with Crippen LogP contribution in [0.3, 0.4) is 0 Å². The van der Waals surface area contributed by atoms with Crippen molar-refractivity contribution in [2.75, 3.05) is 7.11 Å². The number of allylic oxidation sites excluding steroid dienone is 1. The molecule has 0 atom stereocenters. The fourth-order valence-electron chi connectivity index (χ4n) is 2.49. The average molecular weight is 368 g/mol. The molecular weight excluding hydrogens is 352 g/mol. The van der Waals surface area contributed by atoms with Crippen molar-refractivity contribution in [2.24, 2.45) is 0 Å². The minimum Gasteiger partial charge on any atom is -0.507 e. The molecule has 9 heteroatoms. The number of methoxy groups -OCH3 is 1. The quantitative estimate of drug-likeness (QED) is 0.331. The number of carbonyl (C=O) groups is 2. The van der Waals surface area contributed by atoms with E-state index in [9.17, 15) is 19.8 Å². The summed E-state index contributed by atoms with van der Waals surface area (Å²) in [5.41, 5.74) is 1.03. The van der Waals surface area contributed by atoms with Crippen LogP contribution in [0.1, 0.15) is 32.2 Å². The van der Waals surface area contributed by atoms with E-state index in [1.807, 2.05) is 12.1 Å². The van der Waals surface area contributed by atoms with Gasteiger partial charge in [0.15, 0.2) is 5.82 Å². The maximum absolute atomic E-state index is 12.0. The number of aromatic nitrogens is 4. The number of ketones is 1. The Morgan fingerprint density at radius 2 is 2.00 bits per heavy atom. The second-order valence-electron chi connectivity index (χ2n) is 5.62. The highest BCUT2D eigenvalue weighted by molar-refractivity contribution is 6.05. The summed E-state index contributed by atoms with van der Waals surface area (Å²) in [5.74, 6) is -1.43. The molecule has 9 nitrogen and oxygen atoms in total. The van der Waals surface area contributed by atoms with Crippen LogP contribution in [0.25, 0.3) is 5.76 Å². The number of hydrogen-bond acceptors (Lipinski definition) is 6. The van der Waals surface area contributed by atoms with Gasteiger partial charge in [0.25, 0.3) is 0 Å². The van der Waals surface area contributed by atoms with E-state index in [4.69, 9.17) is 4.74 Å². The number of hydrogen-bond donors (Lipinski definition) is 3. The van der Waals surface area contributed by atoms with Crippen LogP contribution in [0, 0.1) is 0 Å². The molecule has 0 amide bonds. The van der Waals surface area contributed by atoms with Gasteiger partial charge in [-0.15, -0.1) is 0 Å². The van der Waals surface area contributed by atoms with Crippen molar-refractivity contribution in [3.05, 3.63) is 71.6 Å². The maximum Gasteiger partial charge on any atom is 0.352 e. The molecule has 2 heterocycles. The lowest BCUT2D eigenvalue weighted by molar-refractivity contribution is 0.0685. The lowest BCUT2D eigenvalue weighted by Gasteiger charge is -2.07. The van der Waals surface area contributed by atoms with Crippen molar-refractivity contribution in [1.82, 2.24) is 19.7 Å². The number of ether oxygens (including phenoxy) is 1. The van der Waals surface area contributed by atoms with Crippen LogP contribution in [0.5, 0.6) is 5.75 Å². The van der Waals surface area contributed by atoms with Crippen molar-refractivity contribution in [1.29, 1.82) is 0 Å². The predicted molar refractivity (Wildman–Crippen MR) is 94.8 cm³/mol. The van der Waals surface area contributed by atoms with Crippen molar-refractivity contribution < 1.29 is 24.5 Å². The molecule has 3 N–H and O–H groups in total. The van der Waals surface area contributed by atoms with Gasteiger partial charge in [0.2, 0.25) is 5.78 Å². The van der Waals surface area contributed by atoms with Gasteiger partial charge in [-0.05, 0) is 23.8 Å². The van der Waals surface area contributed by atoms with Crippen LogP contribution in [0.2, 0.25) is 0 Å². The molecule has 0 aliphatic rings. The zero-order valence-electron chi connectivity index (χ0n) is 14.3. The van der Waals surface area contributed by atoms with Crippen LogP contribution in [0.15, 0.2) is 48.9 Å². The van der Waals surface area contributed by atoms with E-state index in [0.29, 0.717) is 5.75 Å². The molecule has 3 rings (SSSR count). The van der Waals surface area contributed by atoms with Crippen molar-refractivity contribution in [3.8, 4) is 5.75 Å². The second-order valence-corrected chi connectivity index (χ2v) is 5.62. The van der Waals surface area contributed by atoms with E-state index in [2.05, 4.69) is 15.2 Å². The first-order chi connectivity index (χ1) is 13.0. The first-order valence-electron chi connectivity index (χ1n) is 7.85. The number of benzene rings is 1. The molecule has 1 aromatic carbocycles. The molecule has 27 heavy (non-hydrogen) atoms.